The second-order valence-electron chi connectivity index (χ2n) is 5.23. The molecule has 21 heavy (non-hydrogen) atoms. The fourth-order valence-electron chi connectivity index (χ4n) is 2.49. The van der Waals surface area contributed by atoms with Crippen molar-refractivity contribution in [1.29, 1.82) is 0 Å². The minimum Gasteiger partial charge on any atom is -0.332 e. The van der Waals surface area contributed by atoms with Gasteiger partial charge in [-0.25, -0.2) is 4.98 Å². The van der Waals surface area contributed by atoms with Gasteiger partial charge in [-0.1, -0.05) is 19.1 Å². The summed E-state index contributed by atoms with van der Waals surface area (Å²) >= 11 is 7.09. The first kappa shape index (κ1) is 14.5. The largest absolute Gasteiger partial charge is 0.332 e. The van der Waals surface area contributed by atoms with Crippen LogP contribution in [0.25, 0.3) is 0 Å². The van der Waals surface area contributed by atoms with Crippen LogP contribution in [0.5, 0.6) is 0 Å². The third-order valence-corrected chi connectivity index (χ3v) is 4.96. The number of aromatic nitrogens is 1. The first-order chi connectivity index (χ1) is 10.2. The normalized spacial score (nSPS) is 13.6. The van der Waals surface area contributed by atoms with Gasteiger partial charge in [0.1, 0.15) is 0 Å². The maximum absolute atomic E-state index is 5.36. The highest BCUT2D eigenvalue weighted by Crippen LogP contribution is 2.29. The third kappa shape index (κ3) is 3.60. The van der Waals surface area contributed by atoms with Crippen molar-refractivity contribution >= 4 is 39.5 Å². The Balaban J connectivity index is 1.61. The Hall–Kier alpha value is -1.46. The van der Waals surface area contributed by atoms with Crippen LogP contribution in [-0.2, 0) is 19.3 Å². The molecule has 0 radical (unpaired) electrons. The zero-order chi connectivity index (χ0) is 14.7. The highest BCUT2D eigenvalue weighted by molar-refractivity contribution is 7.80. The van der Waals surface area contributed by atoms with E-state index in [-0.39, 0.29) is 0 Å². The van der Waals surface area contributed by atoms with Crippen LogP contribution in [0.4, 0.5) is 10.8 Å². The fraction of sp³-hybridized carbons (Fsp3) is 0.375. The SMILES string of the molecule is CCc1ccc(NC(=S)Nc2nc3c(s2)CCCC3)cc1. The van der Waals surface area contributed by atoms with E-state index < -0.39 is 0 Å². The molecule has 1 aromatic carbocycles. The van der Waals surface area contributed by atoms with Crippen molar-refractivity contribution < 1.29 is 0 Å². The summed E-state index contributed by atoms with van der Waals surface area (Å²) < 4.78 is 0. The lowest BCUT2D eigenvalue weighted by molar-refractivity contribution is 0.683. The Labute approximate surface area is 134 Å². The Morgan fingerprint density at radius 1 is 1.19 bits per heavy atom. The maximum atomic E-state index is 5.36. The van der Waals surface area contributed by atoms with Crippen LogP contribution in [0.3, 0.4) is 0 Å². The molecule has 0 bridgehead atoms. The summed E-state index contributed by atoms with van der Waals surface area (Å²) in [6.45, 7) is 2.15. The number of thiazole rings is 1. The molecule has 1 aromatic heterocycles. The lowest BCUT2D eigenvalue weighted by atomic mass is 10.0. The van der Waals surface area contributed by atoms with Gasteiger partial charge in [0.05, 0.1) is 5.69 Å². The van der Waals surface area contributed by atoms with Gasteiger partial charge in [0.2, 0.25) is 0 Å². The number of anilines is 2. The molecule has 2 N–H and O–H groups in total. The number of rotatable bonds is 3. The van der Waals surface area contributed by atoms with Crippen molar-refractivity contribution in [1.82, 2.24) is 4.98 Å². The van der Waals surface area contributed by atoms with Crippen LogP contribution in [0.1, 0.15) is 35.9 Å². The summed E-state index contributed by atoms with van der Waals surface area (Å²) in [6, 6.07) is 8.35. The van der Waals surface area contributed by atoms with Gasteiger partial charge in [0.25, 0.3) is 0 Å². The molecule has 0 unspecified atom stereocenters. The van der Waals surface area contributed by atoms with Crippen molar-refractivity contribution in [2.45, 2.75) is 39.0 Å². The van der Waals surface area contributed by atoms with E-state index in [9.17, 15) is 0 Å². The zero-order valence-corrected chi connectivity index (χ0v) is 13.7. The van der Waals surface area contributed by atoms with Gasteiger partial charge in [-0.15, -0.1) is 11.3 Å². The van der Waals surface area contributed by atoms with Gasteiger partial charge in [0.15, 0.2) is 10.2 Å². The van der Waals surface area contributed by atoms with Crippen molar-refractivity contribution in [3.8, 4) is 0 Å². The van der Waals surface area contributed by atoms with E-state index in [1.54, 1.807) is 11.3 Å². The first-order valence-corrected chi connectivity index (χ1v) is 8.62. The Kier molecular flexibility index (Phi) is 4.51. The Morgan fingerprint density at radius 3 is 2.67 bits per heavy atom. The number of aryl methyl sites for hydroxylation is 3. The van der Waals surface area contributed by atoms with Gasteiger partial charge >= 0.3 is 0 Å². The van der Waals surface area contributed by atoms with Crippen LogP contribution < -0.4 is 10.6 Å². The minimum atomic E-state index is 0.602. The van der Waals surface area contributed by atoms with Crippen molar-refractivity contribution in [3.05, 3.63) is 40.4 Å². The molecule has 5 heteroatoms. The number of nitrogens with one attached hydrogen (secondary N) is 2. The van der Waals surface area contributed by atoms with E-state index in [1.807, 2.05) is 0 Å². The molecule has 0 saturated heterocycles. The topological polar surface area (TPSA) is 37.0 Å². The van der Waals surface area contributed by atoms with Crippen molar-refractivity contribution in [2.24, 2.45) is 0 Å². The fourth-order valence-corrected chi connectivity index (χ4v) is 3.82. The van der Waals surface area contributed by atoms with Crippen LogP contribution in [-0.4, -0.2) is 10.1 Å². The molecular formula is C16H19N3S2. The molecule has 0 amide bonds. The van der Waals surface area contributed by atoms with E-state index in [0.29, 0.717) is 5.11 Å². The minimum absolute atomic E-state index is 0.602. The summed E-state index contributed by atoms with van der Waals surface area (Å²) in [5.41, 5.74) is 3.59. The third-order valence-electron chi connectivity index (χ3n) is 3.69. The summed E-state index contributed by atoms with van der Waals surface area (Å²) in [4.78, 5) is 6.06. The molecule has 1 heterocycles. The predicted molar refractivity (Wildman–Crippen MR) is 94.4 cm³/mol. The number of hydrogen-bond acceptors (Lipinski definition) is 3. The Bertz CT molecular complexity index is 608. The molecule has 3 nitrogen and oxygen atoms in total. The summed E-state index contributed by atoms with van der Waals surface area (Å²) in [5.74, 6) is 0. The van der Waals surface area contributed by atoms with E-state index in [4.69, 9.17) is 12.2 Å². The molecule has 0 saturated carbocycles. The molecule has 0 aliphatic heterocycles. The molecule has 110 valence electrons. The second kappa shape index (κ2) is 6.54. The average molecular weight is 317 g/mol. The highest BCUT2D eigenvalue weighted by Gasteiger charge is 2.15. The zero-order valence-electron chi connectivity index (χ0n) is 12.1. The first-order valence-electron chi connectivity index (χ1n) is 7.40. The average Bonchev–Trinajstić information content (AvgIpc) is 2.90. The number of nitrogens with zero attached hydrogens (tertiary/aromatic N) is 1. The standard InChI is InChI=1S/C16H19N3S2/c1-2-11-7-9-12(10-8-11)17-15(20)19-16-18-13-5-3-4-6-14(13)21-16/h7-10H,2-6H2,1H3,(H2,17,18,19,20). The second-order valence-corrected chi connectivity index (χ2v) is 6.72. The molecule has 1 aliphatic carbocycles. The number of fused-ring (bicyclic) bond motifs is 1. The molecular weight excluding hydrogens is 298 g/mol. The van der Waals surface area contributed by atoms with Gasteiger partial charge < -0.3 is 10.6 Å². The molecule has 0 fully saturated rings. The monoisotopic (exact) mass is 317 g/mol. The van der Waals surface area contributed by atoms with Crippen LogP contribution in [0, 0.1) is 0 Å². The number of thiocarbonyl (C=S) groups is 1. The summed E-state index contributed by atoms with van der Waals surface area (Å²) in [6.07, 6.45) is 5.84. The van der Waals surface area contributed by atoms with Crippen LogP contribution in [0.15, 0.2) is 24.3 Å². The molecule has 2 aromatic rings. The van der Waals surface area contributed by atoms with E-state index in [0.717, 1.165) is 30.1 Å². The predicted octanol–water partition coefficient (Wildman–Crippen LogP) is 4.39. The van der Waals surface area contributed by atoms with Gasteiger partial charge in [0, 0.05) is 10.6 Å². The highest BCUT2D eigenvalue weighted by atomic mass is 32.1. The van der Waals surface area contributed by atoms with E-state index in [1.165, 1.54) is 29.0 Å². The van der Waals surface area contributed by atoms with Gasteiger partial charge in [-0.3, -0.25) is 0 Å². The van der Waals surface area contributed by atoms with E-state index in [2.05, 4.69) is 46.8 Å². The van der Waals surface area contributed by atoms with Gasteiger partial charge in [-0.05, 0) is 62.0 Å². The summed E-state index contributed by atoms with van der Waals surface area (Å²) in [7, 11) is 0. The quantitative estimate of drug-likeness (QED) is 0.823. The van der Waals surface area contributed by atoms with Crippen molar-refractivity contribution in [2.75, 3.05) is 10.6 Å². The molecule has 0 spiro atoms. The van der Waals surface area contributed by atoms with Crippen LogP contribution in [0.2, 0.25) is 0 Å². The molecule has 3 rings (SSSR count). The molecule has 1 aliphatic rings. The van der Waals surface area contributed by atoms with E-state index >= 15 is 0 Å². The molecule has 0 atom stereocenters. The van der Waals surface area contributed by atoms with Crippen LogP contribution >= 0.6 is 23.6 Å². The lowest BCUT2D eigenvalue weighted by Gasteiger charge is -2.08. The lowest BCUT2D eigenvalue weighted by Crippen LogP contribution is -2.18. The Morgan fingerprint density at radius 2 is 1.95 bits per heavy atom. The maximum Gasteiger partial charge on any atom is 0.189 e. The summed E-state index contributed by atoms with van der Waals surface area (Å²) in [5, 5.41) is 7.92. The number of hydrogen-bond donors (Lipinski definition) is 2. The van der Waals surface area contributed by atoms with Crippen molar-refractivity contribution in [3.63, 3.8) is 0 Å². The smallest absolute Gasteiger partial charge is 0.189 e. The number of benzene rings is 1. The van der Waals surface area contributed by atoms with Gasteiger partial charge in [-0.2, -0.15) is 0 Å².